The van der Waals surface area contributed by atoms with Crippen molar-refractivity contribution in [1.29, 1.82) is 0 Å². The van der Waals surface area contributed by atoms with Gasteiger partial charge in [0, 0.05) is 31.7 Å². The summed E-state index contributed by atoms with van der Waals surface area (Å²) in [5, 5.41) is 6.72. The number of hydrogen-bond acceptors (Lipinski definition) is 3. The van der Waals surface area contributed by atoms with Crippen molar-refractivity contribution in [3.05, 3.63) is 0 Å². The van der Waals surface area contributed by atoms with Gasteiger partial charge in [-0.3, -0.25) is 4.99 Å². The van der Waals surface area contributed by atoms with Crippen LogP contribution in [0.25, 0.3) is 0 Å². The minimum Gasteiger partial charge on any atom is -0.381 e. The van der Waals surface area contributed by atoms with Crippen LogP contribution in [0.3, 0.4) is 0 Å². The Bertz CT molecular complexity index is 332. The van der Waals surface area contributed by atoms with Gasteiger partial charge in [0.2, 0.25) is 0 Å². The van der Waals surface area contributed by atoms with Crippen LogP contribution in [0.5, 0.6) is 0 Å². The van der Waals surface area contributed by atoms with Crippen LogP contribution in [0, 0.1) is 5.41 Å². The summed E-state index contributed by atoms with van der Waals surface area (Å²) in [6, 6.07) is 0. The minimum absolute atomic E-state index is 0.0451. The zero-order valence-corrected chi connectivity index (χ0v) is 13.1. The second-order valence-electron chi connectivity index (χ2n) is 6.56. The number of hydrogen-bond donors (Lipinski definition) is 2. The minimum atomic E-state index is -0.0451. The fraction of sp³-hybridized carbons (Fsp3) is 0.933. The van der Waals surface area contributed by atoms with Crippen molar-refractivity contribution in [2.75, 3.05) is 39.5 Å². The Morgan fingerprint density at radius 3 is 2.65 bits per heavy atom. The molecule has 0 amide bonds. The zero-order valence-electron chi connectivity index (χ0n) is 13.1. The van der Waals surface area contributed by atoms with Crippen LogP contribution in [0.15, 0.2) is 4.99 Å². The number of nitrogens with zero attached hydrogens (tertiary/aromatic N) is 1. The molecule has 0 aliphatic carbocycles. The molecule has 0 saturated carbocycles. The molecule has 2 aliphatic heterocycles. The van der Waals surface area contributed by atoms with Gasteiger partial charge in [-0.25, -0.2) is 0 Å². The highest BCUT2D eigenvalue weighted by Gasteiger charge is 2.31. The predicted molar refractivity (Wildman–Crippen MR) is 81.1 cm³/mol. The lowest BCUT2D eigenvalue weighted by atomic mass is 9.90. The molecule has 2 atom stereocenters. The first-order valence-corrected chi connectivity index (χ1v) is 7.79. The molecule has 0 radical (unpaired) electrons. The summed E-state index contributed by atoms with van der Waals surface area (Å²) in [7, 11) is 0. The molecule has 5 heteroatoms. The van der Waals surface area contributed by atoms with E-state index in [1.54, 1.807) is 0 Å². The van der Waals surface area contributed by atoms with E-state index in [-0.39, 0.29) is 11.0 Å². The lowest BCUT2D eigenvalue weighted by Crippen LogP contribution is -2.46. The van der Waals surface area contributed by atoms with E-state index in [0.717, 1.165) is 64.7 Å². The Morgan fingerprint density at radius 2 is 2.05 bits per heavy atom. The van der Waals surface area contributed by atoms with Crippen molar-refractivity contribution in [2.45, 2.75) is 45.6 Å². The predicted octanol–water partition coefficient (Wildman–Crippen LogP) is 1.54. The molecule has 0 aromatic heterocycles. The van der Waals surface area contributed by atoms with Gasteiger partial charge in [-0.15, -0.1) is 0 Å². The molecule has 2 N–H and O–H groups in total. The van der Waals surface area contributed by atoms with Gasteiger partial charge in [0.25, 0.3) is 0 Å². The molecule has 0 aromatic rings. The van der Waals surface area contributed by atoms with E-state index in [9.17, 15) is 0 Å². The van der Waals surface area contributed by atoms with Crippen LogP contribution >= 0.6 is 0 Å². The van der Waals surface area contributed by atoms with Crippen LogP contribution in [0.1, 0.15) is 40.0 Å². The molecular weight excluding hydrogens is 254 g/mol. The molecule has 0 aromatic carbocycles. The number of nitrogens with one attached hydrogen (secondary N) is 2. The molecule has 116 valence electrons. The van der Waals surface area contributed by atoms with Crippen molar-refractivity contribution >= 4 is 5.96 Å². The Kier molecular flexibility index (Phi) is 5.27. The maximum atomic E-state index is 5.80. The van der Waals surface area contributed by atoms with E-state index in [1.165, 1.54) is 0 Å². The van der Waals surface area contributed by atoms with Crippen LogP contribution in [0.4, 0.5) is 0 Å². The summed E-state index contributed by atoms with van der Waals surface area (Å²) in [6.07, 6.45) is 3.36. The zero-order chi connectivity index (χ0) is 14.5. The van der Waals surface area contributed by atoms with Gasteiger partial charge < -0.3 is 20.1 Å². The molecular formula is C15H29N3O2. The number of ether oxygens (including phenoxy) is 2. The van der Waals surface area contributed by atoms with Gasteiger partial charge in [-0.05, 0) is 33.1 Å². The molecule has 20 heavy (non-hydrogen) atoms. The first-order valence-electron chi connectivity index (χ1n) is 7.79. The first-order chi connectivity index (χ1) is 9.55. The second-order valence-corrected chi connectivity index (χ2v) is 6.56. The molecule has 0 spiro atoms. The summed E-state index contributed by atoms with van der Waals surface area (Å²) < 4.78 is 11.3. The van der Waals surface area contributed by atoms with Gasteiger partial charge in [0.1, 0.15) is 0 Å². The fourth-order valence-corrected chi connectivity index (χ4v) is 2.69. The molecule has 2 aliphatic rings. The number of guanidine groups is 1. The van der Waals surface area contributed by atoms with Crippen LogP contribution in [0.2, 0.25) is 0 Å². The van der Waals surface area contributed by atoms with Crippen molar-refractivity contribution < 1.29 is 9.47 Å². The van der Waals surface area contributed by atoms with E-state index >= 15 is 0 Å². The molecule has 2 unspecified atom stereocenters. The fourth-order valence-electron chi connectivity index (χ4n) is 2.69. The van der Waals surface area contributed by atoms with Crippen LogP contribution in [-0.2, 0) is 9.47 Å². The van der Waals surface area contributed by atoms with Crippen molar-refractivity contribution in [1.82, 2.24) is 10.6 Å². The van der Waals surface area contributed by atoms with Gasteiger partial charge in [0.05, 0.1) is 18.8 Å². The normalized spacial score (nSPS) is 34.5. The number of aliphatic imine (C=N–C) groups is 1. The molecule has 5 nitrogen and oxygen atoms in total. The largest absolute Gasteiger partial charge is 0.381 e. The van der Waals surface area contributed by atoms with Crippen molar-refractivity contribution in [2.24, 2.45) is 10.4 Å². The van der Waals surface area contributed by atoms with Crippen molar-refractivity contribution in [3.8, 4) is 0 Å². The quantitative estimate of drug-likeness (QED) is 0.593. The highest BCUT2D eigenvalue weighted by Crippen LogP contribution is 2.28. The SMILES string of the molecule is CCNC(=NCC1(C)CCOC1)NCC1(C)CCCO1. The molecule has 2 rings (SSSR count). The maximum absolute atomic E-state index is 5.80. The smallest absolute Gasteiger partial charge is 0.191 e. The lowest BCUT2D eigenvalue weighted by Gasteiger charge is -2.25. The van der Waals surface area contributed by atoms with E-state index < -0.39 is 0 Å². The maximum Gasteiger partial charge on any atom is 0.191 e. The third kappa shape index (κ3) is 4.35. The topological polar surface area (TPSA) is 54.9 Å². The highest BCUT2D eigenvalue weighted by atomic mass is 16.5. The Hall–Kier alpha value is -0.810. The third-order valence-corrected chi connectivity index (χ3v) is 4.19. The van der Waals surface area contributed by atoms with Gasteiger partial charge in [0.15, 0.2) is 5.96 Å². The molecule has 2 fully saturated rings. The summed E-state index contributed by atoms with van der Waals surface area (Å²) in [6.45, 7) is 11.5. The van der Waals surface area contributed by atoms with Gasteiger partial charge >= 0.3 is 0 Å². The van der Waals surface area contributed by atoms with E-state index in [2.05, 4.69) is 31.4 Å². The summed E-state index contributed by atoms with van der Waals surface area (Å²) in [5.41, 5.74) is 0.146. The monoisotopic (exact) mass is 283 g/mol. The first kappa shape index (κ1) is 15.6. The lowest BCUT2D eigenvalue weighted by molar-refractivity contribution is 0.0242. The van der Waals surface area contributed by atoms with Crippen LogP contribution < -0.4 is 10.6 Å². The molecule has 2 saturated heterocycles. The van der Waals surface area contributed by atoms with Crippen molar-refractivity contribution in [3.63, 3.8) is 0 Å². The molecule has 2 heterocycles. The van der Waals surface area contributed by atoms with E-state index in [1.807, 2.05) is 0 Å². The van der Waals surface area contributed by atoms with E-state index in [0.29, 0.717) is 0 Å². The molecule has 0 bridgehead atoms. The second kappa shape index (κ2) is 6.76. The Balaban J connectivity index is 1.85. The number of rotatable bonds is 5. The van der Waals surface area contributed by atoms with Gasteiger partial charge in [-0.2, -0.15) is 0 Å². The summed E-state index contributed by atoms with van der Waals surface area (Å²) in [4.78, 5) is 4.72. The third-order valence-electron chi connectivity index (χ3n) is 4.19. The average Bonchev–Trinajstić information content (AvgIpc) is 3.03. The summed E-state index contributed by atoms with van der Waals surface area (Å²) in [5.74, 6) is 0.886. The Morgan fingerprint density at radius 1 is 1.20 bits per heavy atom. The highest BCUT2D eigenvalue weighted by molar-refractivity contribution is 5.79. The van der Waals surface area contributed by atoms with E-state index in [4.69, 9.17) is 14.5 Å². The Labute approximate surface area is 122 Å². The summed E-state index contributed by atoms with van der Waals surface area (Å²) >= 11 is 0. The average molecular weight is 283 g/mol. The van der Waals surface area contributed by atoms with Crippen LogP contribution in [-0.4, -0.2) is 51.0 Å². The van der Waals surface area contributed by atoms with Gasteiger partial charge in [-0.1, -0.05) is 6.92 Å². The standard InChI is InChI=1S/C15H29N3O2/c1-4-16-13(17-10-14(2)7-9-19-12-14)18-11-15(3)6-5-8-20-15/h4-12H2,1-3H3,(H2,16,17,18).